The van der Waals surface area contributed by atoms with Crippen LogP contribution in [0.25, 0.3) is 5.69 Å². The molecule has 0 amide bonds. The number of hydrogen-bond donors (Lipinski definition) is 0. The Balaban J connectivity index is 2.19. The molecule has 1 aliphatic rings. The van der Waals surface area contributed by atoms with Gasteiger partial charge >= 0.3 is 11.9 Å². The number of hydrogen-bond acceptors (Lipinski definition) is 3. The van der Waals surface area contributed by atoms with Gasteiger partial charge in [0.2, 0.25) is 0 Å². The minimum Gasteiger partial charge on any atom is -0.302 e. The molecule has 1 aliphatic carbocycles. The van der Waals surface area contributed by atoms with E-state index in [1.54, 1.807) is 12.1 Å². The van der Waals surface area contributed by atoms with Crippen molar-refractivity contribution >= 4 is 17.9 Å². The molecular weight excluding hydrogens is 397 g/mol. The van der Waals surface area contributed by atoms with E-state index in [2.05, 4.69) is 0 Å². The van der Waals surface area contributed by atoms with Gasteiger partial charge in [-0.25, -0.2) is 9.36 Å². The maximum absolute atomic E-state index is 13.0. The Morgan fingerprint density at radius 2 is 1.93 bits per heavy atom. The third kappa shape index (κ3) is 3.30. The highest BCUT2D eigenvalue weighted by Gasteiger charge is 2.41. The van der Waals surface area contributed by atoms with E-state index in [4.69, 9.17) is 11.6 Å². The molecule has 1 aromatic carbocycles. The largest absolute Gasteiger partial charge is 0.431 e. The average Bonchev–Trinajstić information content (AvgIpc) is 2.65. The summed E-state index contributed by atoms with van der Waals surface area (Å²) in [7, 11) is 0.952. The molecular formula is C19H18ClF3N2O3. The molecule has 9 heteroatoms. The Labute approximate surface area is 163 Å². The maximum Gasteiger partial charge on any atom is 0.431 e. The van der Waals surface area contributed by atoms with Gasteiger partial charge in [-0.15, -0.1) is 11.6 Å². The van der Waals surface area contributed by atoms with E-state index >= 15 is 0 Å². The van der Waals surface area contributed by atoms with Crippen molar-refractivity contribution < 1.29 is 18.0 Å². The molecule has 0 saturated heterocycles. The molecule has 0 spiro atoms. The molecule has 150 valence electrons. The molecule has 0 radical (unpaired) electrons. The van der Waals surface area contributed by atoms with Gasteiger partial charge in [-0.05, 0) is 30.5 Å². The Morgan fingerprint density at radius 1 is 1.21 bits per heavy atom. The van der Waals surface area contributed by atoms with Gasteiger partial charge in [0.25, 0.3) is 5.56 Å². The molecule has 28 heavy (non-hydrogen) atoms. The SMILES string of the molecule is Cn1c(C(F)(F)F)cc(=O)n(-c2cccc(C3(C=O)CCCCC3Cl)c2)c1=O. The third-order valence-corrected chi connectivity index (χ3v) is 5.93. The Hall–Kier alpha value is -2.35. The molecule has 1 aromatic heterocycles. The number of nitrogens with zero attached hydrogens (tertiary/aromatic N) is 2. The predicted molar refractivity (Wildman–Crippen MR) is 98.1 cm³/mol. The number of carbonyl (C=O) groups is 1. The lowest BCUT2D eigenvalue weighted by Gasteiger charge is -2.37. The fourth-order valence-electron chi connectivity index (χ4n) is 3.75. The first-order valence-electron chi connectivity index (χ1n) is 8.73. The number of halogens is 4. The van der Waals surface area contributed by atoms with Gasteiger partial charge in [0.15, 0.2) is 0 Å². The standard InChI is InChI=1S/C19H18ClF3N2O3/c1-24-15(19(21,22)23)10-16(27)25(17(24)28)13-6-4-5-12(9-13)18(11-26)8-3-2-7-14(18)20/h4-6,9-11,14H,2-3,7-8H2,1H3. The summed E-state index contributed by atoms with van der Waals surface area (Å²) in [5.41, 5.74) is -3.88. The second-order valence-corrected chi connectivity index (χ2v) is 7.49. The van der Waals surface area contributed by atoms with E-state index in [9.17, 15) is 27.6 Å². The van der Waals surface area contributed by atoms with E-state index in [1.165, 1.54) is 12.1 Å². The molecule has 1 fully saturated rings. The first-order valence-corrected chi connectivity index (χ1v) is 9.17. The summed E-state index contributed by atoms with van der Waals surface area (Å²) in [6.07, 6.45) is -1.18. The van der Waals surface area contributed by atoms with Crippen molar-refractivity contribution in [3.05, 3.63) is 62.4 Å². The second-order valence-electron chi connectivity index (χ2n) is 6.96. The smallest absolute Gasteiger partial charge is 0.302 e. The lowest BCUT2D eigenvalue weighted by atomic mass is 9.70. The van der Waals surface area contributed by atoms with Crippen molar-refractivity contribution in [1.29, 1.82) is 0 Å². The summed E-state index contributed by atoms with van der Waals surface area (Å²) < 4.78 is 40.1. The number of carbonyl (C=O) groups excluding carboxylic acids is 1. The summed E-state index contributed by atoms with van der Waals surface area (Å²) in [6.45, 7) is 0. The van der Waals surface area contributed by atoms with E-state index < -0.39 is 33.9 Å². The molecule has 0 N–H and O–H groups in total. The van der Waals surface area contributed by atoms with Crippen LogP contribution in [0.1, 0.15) is 36.9 Å². The van der Waals surface area contributed by atoms with Gasteiger partial charge in [0.05, 0.1) is 11.1 Å². The zero-order valence-corrected chi connectivity index (χ0v) is 15.8. The molecule has 0 aliphatic heterocycles. The first kappa shape index (κ1) is 20.4. The summed E-state index contributed by atoms with van der Waals surface area (Å²) in [5, 5.41) is -0.443. The van der Waals surface area contributed by atoms with Crippen LogP contribution in [0.5, 0.6) is 0 Å². The number of rotatable bonds is 3. The van der Waals surface area contributed by atoms with Gasteiger partial charge in [0, 0.05) is 18.5 Å². The van der Waals surface area contributed by atoms with Gasteiger partial charge in [-0.2, -0.15) is 13.2 Å². The Kier molecular flexibility index (Phi) is 5.27. The van der Waals surface area contributed by atoms with Crippen LogP contribution in [0.2, 0.25) is 0 Å². The van der Waals surface area contributed by atoms with Crippen LogP contribution in [-0.4, -0.2) is 20.8 Å². The lowest BCUT2D eigenvalue weighted by Crippen LogP contribution is -2.42. The van der Waals surface area contributed by atoms with E-state index in [0.717, 1.165) is 26.2 Å². The summed E-state index contributed by atoms with van der Waals surface area (Å²) in [4.78, 5) is 36.7. The van der Waals surface area contributed by atoms with E-state index in [1.807, 2.05) is 0 Å². The van der Waals surface area contributed by atoms with E-state index in [-0.39, 0.29) is 5.69 Å². The first-order chi connectivity index (χ1) is 13.1. The van der Waals surface area contributed by atoms with E-state index in [0.29, 0.717) is 33.6 Å². The zero-order chi connectivity index (χ0) is 20.7. The monoisotopic (exact) mass is 414 g/mol. The fourth-order valence-corrected chi connectivity index (χ4v) is 4.19. The molecule has 2 unspecified atom stereocenters. The molecule has 2 aromatic rings. The lowest BCUT2D eigenvalue weighted by molar-refractivity contribution is -0.144. The van der Waals surface area contributed by atoms with Crippen molar-refractivity contribution in [2.45, 2.75) is 42.7 Å². The van der Waals surface area contributed by atoms with Crippen molar-refractivity contribution in [2.24, 2.45) is 7.05 Å². The second kappa shape index (κ2) is 7.24. The molecule has 3 rings (SSSR count). The van der Waals surface area contributed by atoms with Crippen LogP contribution < -0.4 is 11.2 Å². The average molecular weight is 415 g/mol. The van der Waals surface area contributed by atoms with Crippen LogP contribution in [0, 0.1) is 0 Å². The highest BCUT2D eigenvalue weighted by Crippen LogP contribution is 2.41. The predicted octanol–water partition coefficient (Wildman–Crippen LogP) is 3.17. The molecule has 1 saturated carbocycles. The topological polar surface area (TPSA) is 61.1 Å². The number of aldehydes is 1. The van der Waals surface area contributed by atoms with Crippen LogP contribution >= 0.6 is 11.6 Å². The van der Waals surface area contributed by atoms with Gasteiger partial charge < -0.3 is 4.79 Å². The minimum absolute atomic E-state index is 0.0903. The summed E-state index contributed by atoms with van der Waals surface area (Å²) >= 11 is 6.44. The van der Waals surface area contributed by atoms with Crippen LogP contribution in [-0.2, 0) is 23.4 Å². The molecule has 5 nitrogen and oxygen atoms in total. The van der Waals surface area contributed by atoms with Crippen molar-refractivity contribution in [3.63, 3.8) is 0 Å². The summed E-state index contributed by atoms with van der Waals surface area (Å²) in [6, 6.07) is 6.53. The van der Waals surface area contributed by atoms with Crippen molar-refractivity contribution in [1.82, 2.24) is 9.13 Å². The number of alkyl halides is 4. The number of aromatic nitrogens is 2. The van der Waals surface area contributed by atoms with Crippen molar-refractivity contribution in [2.75, 3.05) is 0 Å². The molecule has 0 bridgehead atoms. The van der Waals surface area contributed by atoms with Crippen LogP contribution in [0.4, 0.5) is 13.2 Å². The normalized spacial score (nSPS) is 22.8. The van der Waals surface area contributed by atoms with Crippen LogP contribution in [0.3, 0.4) is 0 Å². The quantitative estimate of drug-likeness (QED) is 0.572. The highest BCUT2D eigenvalue weighted by molar-refractivity contribution is 6.23. The van der Waals surface area contributed by atoms with Crippen molar-refractivity contribution in [3.8, 4) is 5.69 Å². The maximum atomic E-state index is 13.0. The Bertz CT molecular complexity index is 1030. The summed E-state index contributed by atoms with van der Waals surface area (Å²) in [5.74, 6) is 0. The molecule has 1 heterocycles. The van der Waals surface area contributed by atoms with Gasteiger partial charge in [0.1, 0.15) is 12.0 Å². The highest BCUT2D eigenvalue weighted by atomic mass is 35.5. The minimum atomic E-state index is -4.83. The third-order valence-electron chi connectivity index (χ3n) is 5.32. The van der Waals surface area contributed by atoms with Gasteiger partial charge in [-0.3, -0.25) is 9.36 Å². The zero-order valence-electron chi connectivity index (χ0n) is 15.0. The fraction of sp³-hybridized carbons (Fsp3) is 0.421. The number of benzene rings is 1. The van der Waals surface area contributed by atoms with Gasteiger partial charge in [-0.1, -0.05) is 25.0 Å². The van der Waals surface area contributed by atoms with Crippen LogP contribution in [0.15, 0.2) is 39.9 Å². The Morgan fingerprint density at radius 3 is 2.54 bits per heavy atom. The molecule has 2 atom stereocenters.